The molecule has 0 unspecified atom stereocenters. The first-order valence-corrected chi connectivity index (χ1v) is 7.03. The van der Waals surface area contributed by atoms with Crippen molar-refractivity contribution in [3.8, 4) is 0 Å². The van der Waals surface area contributed by atoms with E-state index in [4.69, 9.17) is 10.8 Å². The van der Waals surface area contributed by atoms with Gasteiger partial charge in [0.1, 0.15) is 0 Å². The zero-order valence-electron chi connectivity index (χ0n) is 11.2. The second-order valence-corrected chi connectivity index (χ2v) is 5.33. The second-order valence-electron chi connectivity index (χ2n) is 5.33. The van der Waals surface area contributed by atoms with Crippen LogP contribution in [0.1, 0.15) is 48.9 Å². The number of nitrogen functional groups attached to an aromatic ring is 1. The van der Waals surface area contributed by atoms with Gasteiger partial charge in [0.15, 0.2) is 0 Å². The van der Waals surface area contributed by atoms with E-state index in [1.54, 1.807) is 12.1 Å². The van der Waals surface area contributed by atoms with E-state index in [9.17, 15) is 4.79 Å². The minimum atomic E-state index is -0.922. The lowest BCUT2D eigenvalue weighted by Gasteiger charge is -2.12. The van der Waals surface area contributed by atoms with E-state index in [0.29, 0.717) is 5.69 Å². The van der Waals surface area contributed by atoms with Gasteiger partial charge in [-0.25, -0.2) is 4.79 Å². The summed E-state index contributed by atoms with van der Waals surface area (Å²) in [6, 6.07) is 4.78. The molecule has 2 rings (SSSR count). The Morgan fingerprint density at radius 2 is 2.11 bits per heavy atom. The molecule has 19 heavy (non-hydrogen) atoms. The van der Waals surface area contributed by atoms with E-state index in [0.717, 1.165) is 24.6 Å². The molecule has 4 nitrogen and oxygen atoms in total. The lowest BCUT2D eigenvalue weighted by atomic mass is 10.0. The lowest BCUT2D eigenvalue weighted by molar-refractivity contribution is 0.0697. The molecule has 0 saturated heterocycles. The summed E-state index contributed by atoms with van der Waals surface area (Å²) >= 11 is 0. The SMILES string of the molecule is Nc1ccc(C(=O)O)cc1NCCCC1CCCC1. The third kappa shape index (κ3) is 3.88. The number of anilines is 2. The molecule has 1 aliphatic rings. The van der Waals surface area contributed by atoms with E-state index in [-0.39, 0.29) is 5.56 Å². The summed E-state index contributed by atoms with van der Waals surface area (Å²) in [6.45, 7) is 0.851. The standard InChI is InChI=1S/C15H22N2O2/c16-13-8-7-12(15(18)19)10-14(13)17-9-3-6-11-4-1-2-5-11/h7-8,10-11,17H,1-6,9,16H2,(H,18,19). The second kappa shape index (κ2) is 6.45. The Labute approximate surface area is 114 Å². The van der Waals surface area contributed by atoms with Crippen LogP contribution in [0.2, 0.25) is 0 Å². The highest BCUT2D eigenvalue weighted by Gasteiger charge is 2.14. The maximum atomic E-state index is 10.9. The third-order valence-electron chi connectivity index (χ3n) is 3.88. The van der Waals surface area contributed by atoms with Crippen LogP contribution in [0.15, 0.2) is 18.2 Å². The van der Waals surface area contributed by atoms with Crippen molar-refractivity contribution in [2.24, 2.45) is 5.92 Å². The first kappa shape index (κ1) is 13.7. The molecule has 4 N–H and O–H groups in total. The fourth-order valence-corrected chi connectivity index (χ4v) is 2.76. The molecule has 0 spiro atoms. The van der Waals surface area contributed by atoms with Crippen molar-refractivity contribution < 1.29 is 9.90 Å². The van der Waals surface area contributed by atoms with Crippen molar-refractivity contribution >= 4 is 17.3 Å². The molecule has 0 atom stereocenters. The van der Waals surface area contributed by atoms with Crippen LogP contribution in [-0.4, -0.2) is 17.6 Å². The summed E-state index contributed by atoms with van der Waals surface area (Å²) < 4.78 is 0. The molecule has 1 aromatic carbocycles. The number of hydrogen-bond acceptors (Lipinski definition) is 3. The Morgan fingerprint density at radius 3 is 2.79 bits per heavy atom. The number of benzene rings is 1. The highest BCUT2D eigenvalue weighted by atomic mass is 16.4. The molecule has 0 radical (unpaired) electrons. The van der Waals surface area contributed by atoms with Gasteiger partial charge in [0, 0.05) is 6.54 Å². The predicted octanol–water partition coefficient (Wildman–Crippen LogP) is 3.35. The van der Waals surface area contributed by atoms with Crippen LogP contribution in [0.5, 0.6) is 0 Å². The lowest BCUT2D eigenvalue weighted by Crippen LogP contribution is -2.07. The maximum Gasteiger partial charge on any atom is 0.335 e. The summed E-state index contributed by atoms with van der Waals surface area (Å²) in [7, 11) is 0. The third-order valence-corrected chi connectivity index (χ3v) is 3.88. The summed E-state index contributed by atoms with van der Waals surface area (Å²) in [6.07, 6.45) is 7.87. The highest BCUT2D eigenvalue weighted by molar-refractivity contribution is 5.90. The number of carboxylic acid groups (broad SMARTS) is 1. The summed E-state index contributed by atoms with van der Waals surface area (Å²) in [5.41, 5.74) is 7.44. The normalized spacial score (nSPS) is 15.6. The topological polar surface area (TPSA) is 75.4 Å². The molecule has 0 aromatic heterocycles. The fraction of sp³-hybridized carbons (Fsp3) is 0.533. The van der Waals surface area contributed by atoms with Crippen LogP contribution in [0, 0.1) is 5.92 Å². The average Bonchev–Trinajstić information content (AvgIpc) is 2.89. The van der Waals surface area contributed by atoms with Crippen LogP contribution < -0.4 is 11.1 Å². The van der Waals surface area contributed by atoms with Crippen molar-refractivity contribution in [1.82, 2.24) is 0 Å². The number of nitrogens with two attached hydrogens (primary N) is 1. The average molecular weight is 262 g/mol. The summed E-state index contributed by atoms with van der Waals surface area (Å²) in [5, 5.41) is 12.2. The van der Waals surface area contributed by atoms with Gasteiger partial charge in [0.05, 0.1) is 16.9 Å². The van der Waals surface area contributed by atoms with Crippen molar-refractivity contribution in [2.45, 2.75) is 38.5 Å². The van der Waals surface area contributed by atoms with E-state index in [2.05, 4.69) is 5.32 Å². The Hall–Kier alpha value is -1.71. The Kier molecular flexibility index (Phi) is 4.66. The van der Waals surface area contributed by atoms with Gasteiger partial charge in [0.25, 0.3) is 0 Å². The Bertz CT molecular complexity index is 440. The van der Waals surface area contributed by atoms with E-state index in [1.165, 1.54) is 38.2 Å². The van der Waals surface area contributed by atoms with Crippen molar-refractivity contribution in [1.29, 1.82) is 0 Å². The molecule has 0 heterocycles. The minimum absolute atomic E-state index is 0.271. The molecular weight excluding hydrogens is 240 g/mol. The summed E-state index contributed by atoms with van der Waals surface area (Å²) in [4.78, 5) is 10.9. The predicted molar refractivity (Wildman–Crippen MR) is 77.5 cm³/mol. The summed E-state index contributed by atoms with van der Waals surface area (Å²) in [5.74, 6) is -0.0292. The van der Waals surface area contributed by atoms with Gasteiger partial charge in [-0.1, -0.05) is 25.7 Å². The molecule has 104 valence electrons. The molecule has 0 bridgehead atoms. The first-order chi connectivity index (χ1) is 9.16. The van der Waals surface area contributed by atoms with Gasteiger partial charge < -0.3 is 16.2 Å². The zero-order valence-corrected chi connectivity index (χ0v) is 11.2. The molecule has 1 aliphatic carbocycles. The number of hydrogen-bond donors (Lipinski definition) is 3. The fourth-order valence-electron chi connectivity index (χ4n) is 2.76. The van der Waals surface area contributed by atoms with Crippen molar-refractivity contribution in [3.63, 3.8) is 0 Å². The monoisotopic (exact) mass is 262 g/mol. The Morgan fingerprint density at radius 1 is 1.37 bits per heavy atom. The van der Waals surface area contributed by atoms with Crippen LogP contribution in [0.4, 0.5) is 11.4 Å². The molecule has 1 aromatic rings. The van der Waals surface area contributed by atoms with Gasteiger partial charge in [-0.3, -0.25) is 0 Å². The van der Waals surface area contributed by atoms with Crippen LogP contribution in [0.3, 0.4) is 0 Å². The number of rotatable bonds is 6. The van der Waals surface area contributed by atoms with Gasteiger partial charge in [-0.15, -0.1) is 0 Å². The van der Waals surface area contributed by atoms with Gasteiger partial charge in [0.2, 0.25) is 0 Å². The Balaban J connectivity index is 1.81. The number of carboxylic acids is 1. The highest BCUT2D eigenvalue weighted by Crippen LogP contribution is 2.28. The van der Waals surface area contributed by atoms with E-state index < -0.39 is 5.97 Å². The van der Waals surface area contributed by atoms with E-state index in [1.807, 2.05) is 0 Å². The molecule has 1 fully saturated rings. The van der Waals surface area contributed by atoms with Crippen LogP contribution in [-0.2, 0) is 0 Å². The van der Waals surface area contributed by atoms with Gasteiger partial charge >= 0.3 is 5.97 Å². The van der Waals surface area contributed by atoms with E-state index >= 15 is 0 Å². The molecular formula is C15H22N2O2. The smallest absolute Gasteiger partial charge is 0.335 e. The minimum Gasteiger partial charge on any atom is -0.478 e. The number of carbonyl (C=O) groups is 1. The largest absolute Gasteiger partial charge is 0.478 e. The van der Waals surface area contributed by atoms with Crippen molar-refractivity contribution in [2.75, 3.05) is 17.6 Å². The van der Waals surface area contributed by atoms with Crippen LogP contribution >= 0.6 is 0 Å². The molecule has 0 aliphatic heterocycles. The van der Waals surface area contributed by atoms with Gasteiger partial charge in [-0.2, -0.15) is 0 Å². The quantitative estimate of drug-likeness (QED) is 0.543. The maximum absolute atomic E-state index is 10.9. The molecule has 0 amide bonds. The number of nitrogens with one attached hydrogen (secondary N) is 1. The van der Waals surface area contributed by atoms with Gasteiger partial charge in [-0.05, 0) is 37.0 Å². The molecule has 1 saturated carbocycles. The zero-order chi connectivity index (χ0) is 13.7. The molecule has 4 heteroatoms. The van der Waals surface area contributed by atoms with Crippen LogP contribution in [0.25, 0.3) is 0 Å². The number of aromatic carboxylic acids is 1. The first-order valence-electron chi connectivity index (χ1n) is 7.03. The van der Waals surface area contributed by atoms with Crippen molar-refractivity contribution in [3.05, 3.63) is 23.8 Å².